The van der Waals surface area contributed by atoms with Gasteiger partial charge in [0.1, 0.15) is 12.6 Å². The number of benzene rings is 1. The van der Waals surface area contributed by atoms with Crippen molar-refractivity contribution in [3.8, 4) is 5.75 Å². The number of para-hydroxylation sites is 1. The van der Waals surface area contributed by atoms with Crippen LogP contribution in [0.5, 0.6) is 5.75 Å². The zero-order valence-corrected chi connectivity index (χ0v) is 13.4. The van der Waals surface area contributed by atoms with Crippen LogP contribution in [0.3, 0.4) is 0 Å². The first-order valence-corrected chi connectivity index (χ1v) is 7.73. The average molecular weight is 320 g/mol. The lowest BCUT2D eigenvalue weighted by Crippen LogP contribution is -2.47. The lowest BCUT2D eigenvalue weighted by Gasteiger charge is -2.37. The summed E-state index contributed by atoms with van der Waals surface area (Å²) in [6.07, 6.45) is 0. The van der Waals surface area contributed by atoms with Crippen LogP contribution < -0.4 is 4.74 Å². The van der Waals surface area contributed by atoms with E-state index in [9.17, 15) is 4.39 Å². The number of aromatic nitrogens is 2. The molecule has 23 heavy (non-hydrogen) atoms. The summed E-state index contributed by atoms with van der Waals surface area (Å²) in [5, 5.41) is 3.87. The predicted molar refractivity (Wildman–Crippen MR) is 82.7 cm³/mol. The molecule has 7 heteroatoms. The second kappa shape index (κ2) is 7.06. The lowest BCUT2D eigenvalue weighted by atomic mass is 10.2. The van der Waals surface area contributed by atoms with Crippen molar-refractivity contribution in [1.82, 2.24) is 19.9 Å². The monoisotopic (exact) mass is 320 g/mol. The van der Waals surface area contributed by atoms with Gasteiger partial charge in [0.05, 0.1) is 0 Å². The van der Waals surface area contributed by atoms with Crippen molar-refractivity contribution in [2.75, 3.05) is 39.8 Å². The summed E-state index contributed by atoms with van der Waals surface area (Å²) < 4.78 is 24.4. The quantitative estimate of drug-likeness (QED) is 0.838. The van der Waals surface area contributed by atoms with Crippen molar-refractivity contribution >= 4 is 0 Å². The van der Waals surface area contributed by atoms with Gasteiger partial charge >= 0.3 is 0 Å². The third-order valence-electron chi connectivity index (χ3n) is 4.06. The first kappa shape index (κ1) is 15.9. The zero-order chi connectivity index (χ0) is 16.2. The molecule has 1 atom stereocenters. The summed E-state index contributed by atoms with van der Waals surface area (Å²) in [5.74, 6) is 1.26. The van der Waals surface area contributed by atoms with Gasteiger partial charge in [0, 0.05) is 26.2 Å². The largest absolute Gasteiger partial charge is 0.489 e. The third-order valence-corrected chi connectivity index (χ3v) is 4.06. The number of likely N-dealkylation sites (N-methyl/N-ethyl adjacent to an activating group) is 1. The fourth-order valence-electron chi connectivity index (χ4n) is 2.69. The molecule has 0 N–H and O–H groups in total. The number of hydrogen-bond donors (Lipinski definition) is 0. The third kappa shape index (κ3) is 3.86. The molecule has 1 unspecified atom stereocenters. The highest BCUT2D eigenvalue weighted by atomic mass is 19.1. The number of halogens is 1. The van der Waals surface area contributed by atoms with Gasteiger partial charge in [-0.05, 0) is 26.1 Å². The Bertz CT molecular complexity index is 649. The highest BCUT2D eigenvalue weighted by molar-refractivity contribution is 5.23. The molecular weight excluding hydrogens is 299 g/mol. The Kier molecular flexibility index (Phi) is 4.88. The van der Waals surface area contributed by atoms with Crippen LogP contribution in [0, 0.1) is 12.7 Å². The van der Waals surface area contributed by atoms with Crippen LogP contribution >= 0.6 is 0 Å². The highest BCUT2D eigenvalue weighted by Crippen LogP contribution is 2.22. The smallest absolute Gasteiger partial charge is 0.245 e. The van der Waals surface area contributed by atoms with Crippen LogP contribution in [-0.4, -0.2) is 59.8 Å². The van der Waals surface area contributed by atoms with E-state index < -0.39 is 0 Å². The van der Waals surface area contributed by atoms with Gasteiger partial charge in [0.2, 0.25) is 5.89 Å². The number of rotatable bonds is 5. The van der Waals surface area contributed by atoms with Crippen LogP contribution in [0.2, 0.25) is 0 Å². The van der Waals surface area contributed by atoms with Crippen molar-refractivity contribution in [2.45, 2.75) is 13.0 Å². The van der Waals surface area contributed by atoms with Crippen LogP contribution in [0.1, 0.15) is 17.8 Å². The van der Waals surface area contributed by atoms with Crippen molar-refractivity contribution < 1.29 is 13.7 Å². The average Bonchev–Trinajstić information content (AvgIpc) is 2.97. The number of aryl methyl sites for hydroxylation is 1. The SMILES string of the molecule is Cc1noc(C2CN(CCOc3ccccc3F)CCN2C)n1. The number of ether oxygens (including phenoxy) is 1. The molecule has 1 aliphatic rings. The minimum atomic E-state index is -0.329. The predicted octanol–water partition coefficient (Wildman–Crippen LogP) is 1.88. The summed E-state index contributed by atoms with van der Waals surface area (Å²) in [7, 11) is 2.05. The molecule has 0 aliphatic carbocycles. The molecule has 2 heterocycles. The molecular formula is C16H21FN4O2. The topological polar surface area (TPSA) is 54.6 Å². The van der Waals surface area contributed by atoms with Gasteiger partial charge in [0.15, 0.2) is 17.4 Å². The van der Waals surface area contributed by atoms with Gasteiger partial charge in [-0.25, -0.2) is 4.39 Å². The Morgan fingerprint density at radius 3 is 2.91 bits per heavy atom. The standard InChI is InChI=1S/C16H21FN4O2/c1-12-18-16(23-19-12)14-11-21(8-7-20(14)2)9-10-22-15-6-4-3-5-13(15)17/h3-6,14H,7-11H2,1-2H3. The Balaban J connectivity index is 1.54. The minimum Gasteiger partial charge on any atom is -0.489 e. The van der Waals surface area contributed by atoms with Gasteiger partial charge in [0.25, 0.3) is 0 Å². The summed E-state index contributed by atoms with van der Waals surface area (Å²) in [6.45, 7) is 5.62. The maximum Gasteiger partial charge on any atom is 0.245 e. The van der Waals surface area contributed by atoms with Gasteiger partial charge in [-0.3, -0.25) is 9.80 Å². The molecule has 1 fully saturated rings. The van der Waals surface area contributed by atoms with E-state index >= 15 is 0 Å². The summed E-state index contributed by atoms with van der Waals surface area (Å²) in [6, 6.07) is 6.54. The van der Waals surface area contributed by atoms with E-state index in [0.29, 0.717) is 24.1 Å². The van der Waals surface area contributed by atoms with Crippen molar-refractivity contribution in [2.24, 2.45) is 0 Å². The maximum atomic E-state index is 13.5. The van der Waals surface area contributed by atoms with E-state index in [1.165, 1.54) is 6.07 Å². The fourth-order valence-corrected chi connectivity index (χ4v) is 2.69. The first-order chi connectivity index (χ1) is 11.1. The number of piperazine rings is 1. The van der Waals surface area contributed by atoms with Gasteiger partial charge in [-0.2, -0.15) is 4.98 Å². The molecule has 124 valence electrons. The van der Waals surface area contributed by atoms with Crippen LogP contribution in [0.25, 0.3) is 0 Å². The summed E-state index contributed by atoms with van der Waals surface area (Å²) in [4.78, 5) is 8.81. The van der Waals surface area contributed by atoms with E-state index in [1.54, 1.807) is 18.2 Å². The minimum absolute atomic E-state index is 0.0819. The van der Waals surface area contributed by atoms with E-state index in [1.807, 2.05) is 6.92 Å². The molecule has 2 aromatic rings. The lowest BCUT2D eigenvalue weighted by molar-refractivity contribution is 0.0668. The van der Waals surface area contributed by atoms with Gasteiger partial charge in [-0.1, -0.05) is 17.3 Å². The van der Waals surface area contributed by atoms with Crippen LogP contribution in [0.15, 0.2) is 28.8 Å². The molecule has 1 aliphatic heterocycles. The fraction of sp³-hybridized carbons (Fsp3) is 0.500. The molecule has 6 nitrogen and oxygen atoms in total. The van der Waals surface area contributed by atoms with E-state index in [4.69, 9.17) is 9.26 Å². The van der Waals surface area contributed by atoms with Gasteiger partial charge < -0.3 is 9.26 Å². The van der Waals surface area contributed by atoms with Crippen molar-refractivity contribution in [1.29, 1.82) is 0 Å². The van der Waals surface area contributed by atoms with E-state index in [2.05, 4.69) is 27.0 Å². The number of nitrogens with zero attached hydrogens (tertiary/aromatic N) is 4. The molecule has 0 radical (unpaired) electrons. The van der Waals surface area contributed by atoms with Gasteiger partial charge in [-0.15, -0.1) is 0 Å². The normalized spacial score (nSPS) is 19.9. The first-order valence-electron chi connectivity index (χ1n) is 7.73. The van der Waals surface area contributed by atoms with E-state index in [-0.39, 0.29) is 11.9 Å². The molecule has 0 amide bonds. The molecule has 0 bridgehead atoms. The Hall–Kier alpha value is -1.99. The highest BCUT2D eigenvalue weighted by Gasteiger charge is 2.29. The van der Waals surface area contributed by atoms with Crippen LogP contribution in [0.4, 0.5) is 4.39 Å². The maximum absolute atomic E-state index is 13.5. The summed E-state index contributed by atoms with van der Waals surface area (Å²) >= 11 is 0. The molecule has 1 aromatic heterocycles. The zero-order valence-electron chi connectivity index (χ0n) is 13.4. The number of hydrogen-bond acceptors (Lipinski definition) is 6. The second-order valence-corrected chi connectivity index (χ2v) is 5.76. The van der Waals surface area contributed by atoms with E-state index in [0.717, 1.165) is 26.2 Å². The Labute approximate surface area is 134 Å². The molecule has 3 rings (SSSR count). The molecule has 0 saturated carbocycles. The van der Waals surface area contributed by atoms with Crippen LogP contribution in [-0.2, 0) is 0 Å². The molecule has 0 spiro atoms. The summed E-state index contributed by atoms with van der Waals surface area (Å²) in [5.41, 5.74) is 0. The second-order valence-electron chi connectivity index (χ2n) is 5.76. The van der Waals surface area contributed by atoms with Crippen molar-refractivity contribution in [3.63, 3.8) is 0 Å². The molecule has 1 aromatic carbocycles. The Morgan fingerprint density at radius 1 is 1.35 bits per heavy atom. The van der Waals surface area contributed by atoms with Crippen molar-refractivity contribution in [3.05, 3.63) is 41.8 Å². The Morgan fingerprint density at radius 2 is 2.17 bits per heavy atom. The molecule has 1 saturated heterocycles.